The van der Waals surface area contributed by atoms with Crippen molar-refractivity contribution in [3.63, 3.8) is 0 Å². The standard InChI is InChI=1S/C24H36N2O5.H2S/c1-5-24(13-6-7-14-26(4)16-24)18-9-8-10-19(15-18)31-21(28)12-11-20(27)25-22(17(2)3)23(29)30;/h8-10,15,17,22H,5-7,11-14,16H2,1-4H3,(H,25,27)(H,29,30);1H2. The van der Waals surface area contributed by atoms with Gasteiger partial charge in [-0.15, -0.1) is 0 Å². The Morgan fingerprint density at radius 1 is 1.22 bits per heavy atom. The van der Waals surface area contributed by atoms with Crippen LogP contribution in [0.2, 0.25) is 0 Å². The lowest BCUT2D eigenvalue weighted by molar-refractivity contribution is -0.143. The molecule has 1 aromatic carbocycles. The van der Waals surface area contributed by atoms with Gasteiger partial charge in [-0.1, -0.05) is 39.3 Å². The molecular formula is C24H38N2O5S. The summed E-state index contributed by atoms with van der Waals surface area (Å²) in [5.41, 5.74) is 1.21. The highest BCUT2D eigenvalue weighted by atomic mass is 32.1. The predicted molar refractivity (Wildman–Crippen MR) is 129 cm³/mol. The molecule has 7 nitrogen and oxygen atoms in total. The first-order valence-electron chi connectivity index (χ1n) is 11.2. The van der Waals surface area contributed by atoms with Gasteiger partial charge in [0.25, 0.3) is 0 Å². The Hall–Kier alpha value is -2.06. The molecule has 1 aliphatic rings. The molecule has 1 amide bonds. The van der Waals surface area contributed by atoms with E-state index in [-0.39, 0.29) is 37.7 Å². The van der Waals surface area contributed by atoms with Crippen LogP contribution in [0.5, 0.6) is 5.75 Å². The summed E-state index contributed by atoms with van der Waals surface area (Å²) in [5.74, 6) is -1.83. The van der Waals surface area contributed by atoms with Crippen LogP contribution in [0, 0.1) is 5.92 Å². The summed E-state index contributed by atoms with van der Waals surface area (Å²) in [6.07, 6.45) is 4.25. The molecular weight excluding hydrogens is 428 g/mol. The van der Waals surface area contributed by atoms with E-state index in [4.69, 9.17) is 9.84 Å². The number of aliphatic carboxylic acids is 1. The molecule has 1 heterocycles. The van der Waals surface area contributed by atoms with Gasteiger partial charge in [0.1, 0.15) is 11.8 Å². The van der Waals surface area contributed by atoms with E-state index >= 15 is 0 Å². The molecule has 1 fully saturated rings. The summed E-state index contributed by atoms with van der Waals surface area (Å²) in [6, 6.07) is 6.74. The molecule has 0 aliphatic carbocycles. The van der Waals surface area contributed by atoms with Crippen molar-refractivity contribution < 1.29 is 24.2 Å². The Balaban J connectivity index is 0.00000512. The van der Waals surface area contributed by atoms with Crippen molar-refractivity contribution in [1.29, 1.82) is 0 Å². The predicted octanol–water partition coefficient (Wildman–Crippen LogP) is 3.47. The second kappa shape index (κ2) is 12.8. The summed E-state index contributed by atoms with van der Waals surface area (Å²) in [7, 11) is 2.15. The van der Waals surface area contributed by atoms with Gasteiger partial charge >= 0.3 is 11.9 Å². The van der Waals surface area contributed by atoms with Crippen molar-refractivity contribution in [2.24, 2.45) is 5.92 Å². The second-order valence-corrected chi connectivity index (χ2v) is 8.96. The smallest absolute Gasteiger partial charge is 0.326 e. The molecule has 8 heteroatoms. The van der Waals surface area contributed by atoms with Gasteiger partial charge in [-0.05, 0) is 56.5 Å². The number of benzene rings is 1. The number of rotatable bonds is 9. The lowest BCUT2D eigenvalue weighted by Crippen LogP contribution is -2.44. The largest absolute Gasteiger partial charge is 0.480 e. The third-order valence-corrected chi connectivity index (χ3v) is 6.18. The third kappa shape index (κ3) is 7.81. The summed E-state index contributed by atoms with van der Waals surface area (Å²) in [4.78, 5) is 37.9. The number of ether oxygens (including phenoxy) is 1. The maximum absolute atomic E-state index is 12.3. The minimum Gasteiger partial charge on any atom is -0.480 e. The van der Waals surface area contributed by atoms with E-state index in [1.54, 1.807) is 19.9 Å². The van der Waals surface area contributed by atoms with Crippen LogP contribution in [0.1, 0.15) is 64.9 Å². The van der Waals surface area contributed by atoms with Crippen LogP contribution >= 0.6 is 13.5 Å². The van der Waals surface area contributed by atoms with Gasteiger partial charge in [0, 0.05) is 18.4 Å². The highest BCUT2D eigenvalue weighted by Gasteiger charge is 2.33. The number of esters is 1. The van der Waals surface area contributed by atoms with Crippen LogP contribution in [0.3, 0.4) is 0 Å². The Morgan fingerprint density at radius 3 is 2.56 bits per heavy atom. The molecule has 0 saturated carbocycles. The fourth-order valence-corrected chi connectivity index (χ4v) is 4.29. The lowest BCUT2D eigenvalue weighted by Gasteiger charge is -2.35. The van der Waals surface area contributed by atoms with Crippen LogP contribution in [-0.2, 0) is 19.8 Å². The first-order chi connectivity index (χ1) is 14.7. The number of carboxylic acid groups (broad SMARTS) is 1. The average molecular weight is 467 g/mol. The van der Waals surface area contributed by atoms with Crippen molar-refractivity contribution >= 4 is 31.3 Å². The zero-order valence-electron chi connectivity index (χ0n) is 19.6. The minimum absolute atomic E-state index is 0. The lowest BCUT2D eigenvalue weighted by atomic mass is 9.74. The van der Waals surface area contributed by atoms with Gasteiger partial charge in [-0.3, -0.25) is 9.59 Å². The van der Waals surface area contributed by atoms with Gasteiger partial charge in [-0.2, -0.15) is 13.5 Å². The van der Waals surface area contributed by atoms with Gasteiger partial charge in [0.2, 0.25) is 5.91 Å². The topological polar surface area (TPSA) is 95.9 Å². The summed E-state index contributed by atoms with van der Waals surface area (Å²) in [5, 5.41) is 11.6. The molecule has 0 spiro atoms. The normalized spacial score (nSPS) is 20.0. The number of likely N-dealkylation sites (N-methyl/N-ethyl adjacent to an activating group) is 1. The Labute approximate surface area is 198 Å². The molecule has 180 valence electrons. The fourth-order valence-electron chi connectivity index (χ4n) is 4.29. The SMILES string of the molecule is CCC1(c2cccc(OC(=O)CCC(=O)NC(C(=O)O)C(C)C)c2)CCCCN(C)C1.S. The average Bonchev–Trinajstić information content (AvgIpc) is 2.92. The zero-order chi connectivity index (χ0) is 23.0. The number of likely N-dealkylation sites (tertiary alicyclic amines) is 1. The zero-order valence-corrected chi connectivity index (χ0v) is 20.6. The fraction of sp³-hybridized carbons (Fsp3) is 0.625. The summed E-state index contributed by atoms with van der Waals surface area (Å²) < 4.78 is 5.49. The first-order valence-corrected chi connectivity index (χ1v) is 11.2. The van der Waals surface area contributed by atoms with Crippen molar-refractivity contribution in [3.8, 4) is 5.75 Å². The van der Waals surface area contributed by atoms with Crippen molar-refractivity contribution in [3.05, 3.63) is 29.8 Å². The summed E-state index contributed by atoms with van der Waals surface area (Å²) >= 11 is 0. The second-order valence-electron chi connectivity index (χ2n) is 8.96. The number of amides is 1. The maximum Gasteiger partial charge on any atom is 0.326 e. The molecule has 1 aliphatic heterocycles. The van der Waals surface area contributed by atoms with E-state index in [2.05, 4.69) is 30.3 Å². The third-order valence-electron chi connectivity index (χ3n) is 6.18. The number of nitrogens with zero attached hydrogens (tertiary/aromatic N) is 1. The highest BCUT2D eigenvalue weighted by molar-refractivity contribution is 7.59. The minimum atomic E-state index is -1.09. The van der Waals surface area contributed by atoms with Crippen LogP contribution in [-0.4, -0.2) is 54.0 Å². The molecule has 2 atom stereocenters. The quantitative estimate of drug-likeness (QED) is 0.427. The van der Waals surface area contributed by atoms with Gasteiger partial charge < -0.3 is 20.1 Å². The van der Waals surface area contributed by atoms with Crippen LogP contribution in [0.4, 0.5) is 0 Å². The molecule has 1 aromatic rings. The number of nitrogens with one attached hydrogen (secondary N) is 1. The number of carbonyl (C=O) groups is 3. The monoisotopic (exact) mass is 466 g/mol. The Morgan fingerprint density at radius 2 is 1.94 bits per heavy atom. The number of carboxylic acids is 1. The van der Waals surface area contributed by atoms with Crippen molar-refractivity contribution in [1.82, 2.24) is 10.2 Å². The van der Waals surface area contributed by atoms with E-state index in [0.717, 1.165) is 25.9 Å². The van der Waals surface area contributed by atoms with Gasteiger partial charge in [-0.25, -0.2) is 4.79 Å². The Bertz CT molecular complexity index is 785. The molecule has 0 aromatic heterocycles. The van der Waals surface area contributed by atoms with Crippen molar-refractivity contribution in [2.75, 3.05) is 20.1 Å². The molecule has 0 radical (unpaired) electrons. The van der Waals surface area contributed by atoms with Crippen LogP contribution in [0.25, 0.3) is 0 Å². The van der Waals surface area contributed by atoms with E-state index in [9.17, 15) is 14.4 Å². The van der Waals surface area contributed by atoms with Crippen LogP contribution in [0.15, 0.2) is 24.3 Å². The molecule has 2 unspecified atom stereocenters. The number of hydrogen-bond donors (Lipinski definition) is 2. The molecule has 1 saturated heterocycles. The van der Waals surface area contributed by atoms with E-state index in [0.29, 0.717) is 5.75 Å². The Kier molecular flexibility index (Phi) is 11.2. The molecule has 32 heavy (non-hydrogen) atoms. The van der Waals surface area contributed by atoms with E-state index < -0.39 is 23.9 Å². The molecule has 0 bridgehead atoms. The first kappa shape index (κ1) is 28.0. The maximum atomic E-state index is 12.3. The van der Waals surface area contributed by atoms with Gasteiger partial charge in [0.05, 0.1) is 6.42 Å². The summed E-state index contributed by atoms with van der Waals surface area (Å²) in [6.45, 7) is 7.71. The molecule has 2 rings (SSSR count). The number of carbonyl (C=O) groups excluding carboxylic acids is 2. The van der Waals surface area contributed by atoms with Crippen LogP contribution < -0.4 is 10.1 Å². The highest BCUT2D eigenvalue weighted by Crippen LogP contribution is 2.37. The number of hydrogen-bond acceptors (Lipinski definition) is 5. The van der Waals surface area contributed by atoms with E-state index in [1.165, 1.54) is 18.4 Å². The van der Waals surface area contributed by atoms with E-state index in [1.807, 2.05) is 12.1 Å². The van der Waals surface area contributed by atoms with Gasteiger partial charge in [0.15, 0.2) is 0 Å². The van der Waals surface area contributed by atoms with Crippen molar-refractivity contribution in [2.45, 2.75) is 70.8 Å². The molecule has 2 N–H and O–H groups in total.